The first-order valence-corrected chi connectivity index (χ1v) is 9.24. The number of hydrogen-bond acceptors (Lipinski definition) is 5. The molecule has 0 amide bonds. The molecule has 0 aliphatic rings. The highest BCUT2D eigenvalue weighted by molar-refractivity contribution is 7.17. The maximum Gasteiger partial charge on any atom is 0.143 e. The number of hydrogen-bond donors (Lipinski definition) is 1. The van der Waals surface area contributed by atoms with E-state index in [1.807, 2.05) is 24.3 Å². The maximum atomic E-state index is 5.22. The van der Waals surface area contributed by atoms with Gasteiger partial charge < -0.3 is 10.1 Å². The largest absolute Gasteiger partial charge is 0.497 e. The number of aryl methyl sites for hydroxylation is 2. The van der Waals surface area contributed by atoms with Crippen LogP contribution in [0.5, 0.6) is 5.75 Å². The first-order valence-electron chi connectivity index (χ1n) is 8.36. The van der Waals surface area contributed by atoms with Crippen LogP contribution in [0.15, 0.2) is 54.2 Å². The van der Waals surface area contributed by atoms with E-state index in [0.717, 1.165) is 33.0 Å². The fourth-order valence-corrected chi connectivity index (χ4v) is 3.82. The second kappa shape index (κ2) is 7.94. The number of nitrogens with one attached hydrogen (secondary N) is 1. The van der Waals surface area contributed by atoms with Gasteiger partial charge in [-0.15, -0.1) is 23.7 Å². The summed E-state index contributed by atoms with van der Waals surface area (Å²) in [4.78, 5) is 9.92. The molecule has 0 aliphatic carbocycles. The van der Waals surface area contributed by atoms with E-state index in [1.165, 1.54) is 16.7 Å². The second-order valence-electron chi connectivity index (χ2n) is 6.20. The highest BCUT2D eigenvalue weighted by Crippen LogP contribution is 2.38. The molecule has 0 unspecified atom stereocenters. The first kappa shape index (κ1) is 19.1. The number of aromatic nitrogens is 2. The van der Waals surface area contributed by atoms with E-state index in [1.54, 1.807) is 24.8 Å². The number of rotatable bonds is 4. The predicted octanol–water partition coefficient (Wildman–Crippen LogP) is 6.15. The number of fused-ring (bicyclic) bond motifs is 1. The third-order valence-electron chi connectivity index (χ3n) is 4.54. The van der Waals surface area contributed by atoms with Crippen LogP contribution in [0.2, 0.25) is 0 Å². The molecule has 2 heterocycles. The average Bonchev–Trinajstić information content (AvgIpc) is 3.10. The second-order valence-corrected chi connectivity index (χ2v) is 7.06. The van der Waals surface area contributed by atoms with Crippen molar-refractivity contribution >= 4 is 45.5 Å². The summed E-state index contributed by atoms with van der Waals surface area (Å²) in [6.45, 7) is 4.27. The topological polar surface area (TPSA) is 47.0 Å². The molecule has 4 rings (SSSR count). The molecule has 0 atom stereocenters. The summed E-state index contributed by atoms with van der Waals surface area (Å²) in [5, 5.41) is 6.63. The molecule has 0 bridgehead atoms. The molecule has 27 heavy (non-hydrogen) atoms. The Morgan fingerprint density at radius 1 is 0.963 bits per heavy atom. The van der Waals surface area contributed by atoms with Crippen molar-refractivity contribution in [3.05, 3.63) is 65.3 Å². The van der Waals surface area contributed by atoms with Crippen LogP contribution in [-0.2, 0) is 0 Å². The summed E-state index contributed by atoms with van der Waals surface area (Å²) < 4.78 is 5.22. The predicted molar refractivity (Wildman–Crippen MR) is 116 cm³/mol. The minimum atomic E-state index is 0. The summed E-state index contributed by atoms with van der Waals surface area (Å²) in [6, 6.07) is 14.4. The number of anilines is 2. The number of thiophene rings is 1. The molecular weight excluding hydrogens is 378 g/mol. The van der Waals surface area contributed by atoms with Crippen molar-refractivity contribution in [2.75, 3.05) is 12.4 Å². The zero-order chi connectivity index (χ0) is 18.1. The molecule has 4 nitrogen and oxygen atoms in total. The van der Waals surface area contributed by atoms with Gasteiger partial charge in [0.25, 0.3) is 0 Å². The summed E-state index contributed by atoms with van der Waals surface area (Å²) in [5.74, 6) is 1.64. The Labute approximate surface area is 168 Å². The summed E-state index contributed by atoms with van der Waals surface area (Å²) in [7, 11) is 1.66. The van der Waals surface area contributed by atoms with Crippen molar-refractivity contribution < 1.29 is 4.74 Å². The number of methoxy groups -OCH3 is 1. The van der Waals surface area contributed by atoms with Crippen molar-refractivity contribution in [1.82, 2.24) is 9.97 Å². The lowest BCUT2D eigenvalue weighted by atomic mass is 10.0. The third-order valence-corrected chi connectivity index (χ3v) is 5.43. The summed E-state index contributed by atoms with van der Waals surface area (Å²) in [5.41, 5.74) is 5.88. The minimum Gasteiger partial charge on any atom is -0.497 e. The van der Waals surface area contributed by atoms with E-state index >= 15 is 0 Å². The zero-order valence-corrected chi connectivity index (χ0v) is 16.9. The molecule has 6 heteroatoms. The van der Waals surface area contributed by atoms with Gasteiger partial charge in [0.05, 0.1) is 12.5 Å². The van der Waals surface area contributed by atoms with Crippen LogP contribution >= 0.6 is 23.7 Å². The van der Waals surface area contributed by atoms with Gasteiger partial charge in [-0.25, -0.2) is 9.97 Å². The van der Waals surface area contributed by atoms with E-state index in [-0.39, 0.29) is 12.4 Å². The van der Waals surface area contributed by atoms with Gasteiger partial charge in [-0.3, -0.25) is 0 Å². The Morgan fingerprint density at radius 3 is 2.44 bits per heavy atom. The summed E-state index contributed by atoms with van der Waals surface area (Å²) >= 11 is 1.64. The first-order chi connectivity index (χ1) is 12.7. The Hall–Kier alpha value is -2.63. The molecule has 1 N–H and O–H groups in total. The van der Waals surface area contributed by atoms with Gasteiger partial charge >= 0.3 is 0 Å². The Morgan fingerprint density at radius 2 is 1.74 bits per heavy atom. The quantitative estimate of drug-likeness (QED) is 0.448. The van der Waals surface area contributed by atoms with Crippen LogP contribution in [0, 0.1) is 13.8 Å². The van der Waals surface area contributed by atoms with Crippen LogP contribution in [-0.4, -0.2) is 17.1 Å². The lowest BCUT2D eigenvalue weighted by Crippen LogP contribution is -1.96. The van der Waals surface area contributed by atoms with Crippen LogP contribution in [0.1, 0.15) is 11.1 Å². The van der Waals surface area contributed by atoms with E-state index in [0.29, 0.717) is 0 Å². The van der Waals surface area contributed by atoms with Gasteiger partial charge in [-0.05, 0) is 54.8 Å². The van der Waals surface area contributed by atoms with E-state index < -0.39 is 0 Å². The fourth-order valence-electron chi connectivity index (χ4n) is 2.90. The number of nitrogens with zero attached hydrogens (tertiary/aromatic N) is 2. The van der Waals surface area contributed by atoms with Crippen molar-refractivity contribution in [2.24, 2.45) is 0 Å². The number of benzene rings is 2. The molecule has 0 radical (unpaired) electrons. The van der Waals surface area contributed by atoms with Crippen molar-refractivity contribution in [2.45, 2.75) is 13.8 Å². The smallest absolute Gasteiger partial charge is 0.143 e. The standard InChI is InChI=1S/C21H19N3OS.ClH/c1-13-4-5-15(10-14(13)2)18-11-26-21-19(18)20(22-12-23-21)24-16-6-8-17(25-3)9-7-16;/h4-12H,1-3H3,(H,22,23,24);1H. The maximum absolute atomic E-state index is 5.22. The van der Waals surface area contributed by atoms with Crippen molar-refractivity contribution in [3.63, 3.8) is 0 Å². The molecule has 0 fully saturated rings. The van der Waals surface area contributed by atoms with Crippen LogP contribution in [0.4, 0.5) is 11.5 Å². The number of ether oxygens (including phenoxy) is 1. The van der Waals surface area contributed by atoms with Gasteiger partial charge in [0.15, 0.2) is 0 Å². The van der Waals surface area contributed by atoms with Crippen molar-refractivity contribution in [1.29, 1.82) is 0 Å². The molecule has 0 spiro atoms. The highest BCUT2D eigenvalue weighted by Gasteiger charge is 2.14. The van der Waals surface area contributed by atoms with Gasteiger partial charge in [0.2, 0.25) is 0 Å². The van der Waals surface area contributed by atoms with Gasteiger partial charge in [-0.2, -0.15) is 0 Å². The third kappa shape index (κ3) is 3.75. The minimum absolute atomic E-state index is 0. The van der Waals surface area contributed by atoms with Crippen LogP contribution in [0.3, 0.4) is 0 Å². The van der Waals surface area contributed by atoms with E-state index in [9.17, 15) is 0 Å². The molecule has 0 saturated heterocycles. The highest BCUT2D eigenvalue weighted by atomic mass is 35.5. The Kier molecular flexibility index (Phi) is 5.63. The molecule has 4 aromatic rings. The normalized spacial score (nSPS) is 10.5. The SMILES string of the molecule is COc1ccc(Nc2ncnc3scc(-c4ccc(C)c(C)c4)c23)cc1.Cl. The monoisotopic (exact) mass is 397 g/mol. The Bertz CT molecular complexity index is 1080. The lowest BCUT2D eigenvalue weighted by molar-refractivity contribution is 0.415. The van der Waals surface area contributed by atoms with Crippen LogP contribution in [0.25, 0.3) is 21.3 Å². The number of halogens is 1. The molecule has 2 aromatic carbocycles. The van der Waals surface area contributed by atoms with Gasteiger partial charge in [0.1, 0.15) is 22.7 Å². The molecule has 2 aromatic heterocycles. The van der Waals surface area contributed by atoms with E-state index in [2.05, 4.69) is 52.7 Å². The fraction of sp³-hybridized carbons (Fsp3) is 0.143. The van der Waals surface area contributed by atoms with E-state index in [4.69, 9.17) is 4.74 Å². The van der Waals surface area contributed by atoms with Crippen LogP contribution < -0.4 is 10.1 Å². The molecule has 138 valence electrons. The summed E-state index contributed by atoms with van der Waals surface area (Å²) in [6.07, 6.45) is 1.61. The molecular formula is C21H20ClN3OS. The van der Waals surface area contributed by atoms with Gasteiger partial charge in [-0.1, -0.05) is 18.2 Å². The Balaban J connectivity index is 0.00000210. The average molecular weight is 398 g/mol. The molecule has 0 saturated carbocycles. The van der Waals surface area contributed by atoms with Gasteiger partial charge in [0, 0.05) is 16.6 Å². The molecule has 0 aliphatic heterocycles. The van der Waals surface area contributed by atoms with Crippen molar-refractivity contribution in [3.8, 4) is 16.9 Å². The zero-order valence-electron chi connectivity index (χ0n) is 15.3. The lowest BCUT2D eigenvalue weighted by Gasteiger charge is -2.10.